The molecule has 2 aromatic rings. The third-order valence-electron chi connectivity index (χ3n) is 3.44. The predicted molar refractivity (Wildman–Crippen MR) is 87.4 cm³/mol. The molecule has 0 radical (unpaired) electrons. The van der Waals surface area contributed by atoms with E-state index < -0.39 is 16.6 Å². The lowest BCUT2D eigenvalue weighted by molar-refractivity contribution is -0.385. The van der Waals surface area contributed by atoms with Gasteiger partial charge in [0.2, 0.25) is 5.91 Å². The van der Waals surface area contributed by atoms with Gasteiger partial charge in [0.1, 0.15) is 11.6 Å². The number of halogens is 1. The molecule has 1 aliphatic heterocycles. The van der Waals surface area contributed by atoms with Crippen molar-refractivity contribution in [3.8, 4) is 5.75 Å². The summed E-state index contributed by atoms with van der Waals surface area (Å²) in [5.74, 6) is -0.535. The Labute approximate surface area is 141 Å². The number of nitro benzene ring substituents is 1. The fourth-order valence-electron chi connectivity index (χ4n) is 2.38. The van der Waals surface area contributed by atoms with Gasteiger partial charge in [0.05, 0.1) is 11.5 Å². The van der Waals surface area contributed by atoms with Crippen LogP contribution in [0.5, 0.6) is 5.75 Å². The van der Waals surface area contributed by atoms with E-state index in [1.165, 1.54) is 42.5 Å². The first-order valence-electron chi connectivity index (χ1n) is 7.29. The van der Waals surface area contributed by atoms with Gasteiger partial charge in [-0.05, 0) is 24.3 Å². The molecular weight excluding hydrogens is 331 g/mol. The molecule has 0 bridgehead atoms. The highest BCUT2D eigenvalue weighted by molar-refractivity contribution is 6.02. The molecule has 0 spiro atoms. The molecule has 1 amide bonds. The maximum Gasteiger partial charge on any atom is 0.270 e. The Morgan fingerprint density at radius 2 is 2.16 bits per heavy atom. The summed E-state index contributed by atoms with van der Waals surface area (Å²) in [4.78, 5) is 22.5. The molecule has 0 fully saturated rings. The van der Waals surface area contributed by atoms with Crippen molar-refractivity contribution >= 4 is 23.4 Å². The van der Waals surface area contributed by atoms with E-state index in [-0.39, 0.29) is 19.1 Å². The van der Waals surface area contributed by atoms with Crippen molar-refractivity contribution in [3.63, 3.8) is 0 Å². The lowest BCUT2D eigenvalue weighted by Gasteiger charge is -2.19. The number of nitrogens with zero attached hydrogens (tertiary/aromatic N) is 1. The van der Waals surface area contributed by atoms with Gasteiger partial charge in [-0.25, -0.2) is 4.39 Å². The molecule has 1 aliphatic rings. The van der Waals surface area contributed by atoms with Crippen molar-refractivity contribution in [1.29, 1.82) is 0 Å². The number of benzene rings is 2. The monoisotopic (exact) mass is 344 g/mol. The van der Waals surface area contributed by atoms with Crippen molar-refractivity contribution in [1.82, 2.24) is 0 Å². The molecular formula is C17H13FN2O5. The van der Waals surface area contributed by atoms with Gasteiger partial charge >= 0.3 is 0 Å². The maximum atomic E-state index is 13.1. The molecule has 3 rings (SSSR count). The van der Waals surface area contributed by atoms with Gasteiger partial charge in [-0.3, -0.25) is 14.9 Å². The van der Waals surface area contributed by atoms with E-state index in [0.29, 0.717) is 22.6 Å². The van der Waals surface area contributed by atoms with Gasteiger partial charge in [-0.1, -0.05) is 6.07 Å². The molecule has 7 nitrogen and oxygen atoms in total. The summed E-state index contributed by atoms with van der Waals surface area (Å²) < 4.78 is 23.6. The van der Waals surface area contributed by atoms with Crippen LogP contribution in [-0.2, 0) is 16.1 Å². The topological polar surface area (TPSA) is 90.7 Å². The van der Waals surface area contributed by atoms with Crippen molar-refractivity contribution in [2.24, 2.45) is 0 Å². The third kappa shape index (κ3) is 3.99. The predicted octanol–water partition coefficient (Wildman–Crippen LogP) is 3.25. The largest absolute Gasteiger partial charge is 0.467 e. The van der Waals surface area contributed by atoms with Crippen LogP contribution in [0.1, 0.15) is 11.1 Å². The van der Waals surface area contributed by atoms with E-state index in [2.05, 4.69) is 5.32 Å². The lowest BCUT2D eigenvalue weighted by atomic mass is 10.1. The second-order valence-corrected chi connectivity index (χ2v) is 5.22. The van der Waals surface area contributed by atoms with E-state index >= 15 is 0 Å². The molecule has 0 aliphatic carbocycles. The molecule has 25 heavy (non-hydrogen) atoms. The van der Waals surface area contributed by atoms with Crippen molar-refractivity contribution < 1.29 is 23.6 Å². The molecule has 128 valence electrons. The third-order valence-corrected chi connectivity index (χ3v) is 3.44. The van der Waals surface area contributed by atoms with Crippen LogP contribution in [0.15, 0.2) is 42.5 Å². The SMILES string of the molecule is O=C(/C=C/c1cc([N+](=O)[O-])cc2c1OCOC2)Nc1cccc(F)c1. The van der Waals surface area contributed by atoms with Gasteiger partial charge in [0, 0.05) is 35.0 Å². The number of fused-ring (bicyclic) bond motifs is 1. The Kier molecular flexibility index (Phi) is 4.71. The van der Waals surface area contributed by atoms with Crippen molar-refractivity contribution in [2.75, 3.05) is 12.1 Å². The Balaban J connectivity index is 1.83. The molecule has 1 heterocycles. The fourth-order valence-corrected chi connectivity index (χ4v) is 2.38. The molecule has 8 heteroatoms. The van der Waals surface area contributed by atoms with Gasteiger partial charge in [-0.15, -0.1) is 0 Å². The number of ether oxygens (including phenoxy) is 2. The Bertz CT molecular complexity index is 866. The molecule has 0 aromatic heterocycles. The van der Waals surface area contributed by atoms with Crippen molar-refractivity contribution in [2.45, 2.75) is 6.61 Å². The standard InChI is InChI=1S/C17H13FN2O5/c18-13-2-1-3-14(8-13)19-16(21)5-4-11-6-15(20(22)23)7-12-9-24-10-25-17(11)12/h1-8H,9-10H2,(H,19,21)/b5-4+. The number of hydrogen-bond donors (Lipinski definition) is 1. The number of nitrogens with one attached hydrogen (secondary N) is 1. The first kappa shape index (κ1) is 16.6. The van der Waals surface area contributed by atoms with E-state index in [1.807, 2.05) is 0 Å². The first-order chi connectivity index (χ1) is 12.0. The zero-order valence-corrected chi connectivity index (χ0v) is 12.9. The van der Waals surface area contributed by atoms with Gasteiger partial charge < -0.3 is 14.8 Å². The van der Waals surface area contributed by atoms with E-state index in [9.17, 15) is 19.3 Å². The second-order valence-electron chi connectivity index (χ2n) is 5.22. The van der Waals surface area contributed by atoms with Gasteiger partial charge in [0.25, 0.3) is 5.69 Å². The number of nitro groups is 1. The molecule has 2 aromatic carbocycles. The summed E-state index contributed by atoms with van der Waals surface area (Å²) in [5.41, 5.74) is 1.10. The zero-order chi connectivity index (χ0) is 17.8. The summed E-state index contributed by atoms with van der Waals surface area (Å²) in [6.07, 6.45) is 2.61. The van der Waals surface area contributed by atoms with E-state index in [0.717, 1.165) is 0 Å². The Morgan fingerprint density at radius 1 is 1.32 bits per heavy atom. The number of anilines is 1. The number of hydrogen-bond acceptors (Lipinski definition) is 5. The number of carbonyl (C=O) groups excluding carboxylic acids is 1. The quantitative estimate of drug-likeness (QED) is 0.522. The molecule has 0 saturated carbocycles. The maximum absolute atomic E-state index is 13.1. The highest BCUT2D eigenvalue weighted by atomic mass is 19.1. The highest BCUT2D eigenvalue weighted by Crippen LogP contribution is 2.33. The van der Waals surface area contributed by atoms with Crippen LogP contribution in [-0.4, -0.2) is 17.6 Å². The van der Waals surface area contributed by atoms with Gasteiger partial charge in [0.15, 0.2) is 6.79 Å². The number of amides is 1. The minimum Gasteiger partial charge on any atom is -0.467 e. The number of carbonyl (C=O) groups is 1. The molecule has 0 saturated heterocycles. The summed E-state index contributed by atoms with van der Waals surface area (Å²) in [5, 5.41) is 13.5. The Morgan fingerprint density at radius 3 is 2.92 bits per heavy atom. The van der Waals surface area contributed by atoms with Crippen LogP contribution in [0.2, 0.25) is 0 Å². The smallest absolute Gasteiger partial charge is 0.270 e. The summed E-state index contributed by atoms with van der Waals surface area (Å²) in [6, 6.07) is 8.15. The zero-order valence-electron chi connectivity index (χ0n) is 12.9. The van der Waals surface area contributed by atoms with Crippen LogP contribution in [0.4, 0.5) is 15.8 Å². The average Bonchev–Trinajstić information content (AvgIpc) is 2.59. The normalized spacial score (nSPS) is 13.2. The summed E-state index contributed by atoms with van der Waals surface area (Å²) >= 11 is 0. The van der Waals surface area contributed by atoms with E-state index in [1.54, 1.807) is 6.07 Å². The molecule has 0 unspecified atom stereocenters. The molecule has 0 atom stereocenters. The minimum absolute atomic E-state index is 0.0289. The average molecular weight is 344 g/mol. The summed E-state index contributed by atoms with van der Waals surface area (Å²) in [7, 11) is 0. The van der Waals surface area contributed by atoms with E-state index in [4.69, 9.17) is 9.47 Å². The number of non-ortho nitro benzene ring substituents is 1. The lowest BCUT2D eigenvalue weighted by Crippen LogP contribution is -2.13. The fraction of sp³-hybridized carbons (Fsp3) is 0.118. The van der Waals surface area contributed by atoms with Crippen LogP contribution in [0, 0.1) is 15.9 Å². The van der Waals surface area contributed by atoms with Crippen LogP contribution < -0.4 is 10.1 Å². The number of rotatable bonds is 4. The van der Waals surface area contributed by atoms with Crippen LogP contribution in [0.25, 0.3) is 6.08 Å². The van der Waals surface area contributed by atoms with Crippen molar-refractivity contribution in [3.05, 3.63) is 69.5 Å². The second kappa shape index (κ2) is 7.10. The first-order valence-corrected chi connectivity index (χ1v) is 7.29. The minimum atomic E-state index is -0.529. The molecule has 1 N–H and O–H groups in total. The summed E-state index contributed by atoms with van der Waals surface area (Å²) in [6.45, 7) is 0.217. The van der Waals surface area contributed by atoms with Gasteiger partial charge in [-0.2, -0.15) is 0 Å². The highest BCUT2D eigenvalue weighted by Gasteiger charge is 2.19. The van der Waals surface area contributed by atoms with Crippen LogP contribution >= 0.6 is 0 Å². The Hall–Kier alpha value is -3.26. The van der Waals surface area contributed by atoms with Crippen LogP contribution in [0.3, 0.4) is 0 Å².